The number of aromatic nitrogens is 2. The molecule has 0 aliphatic heterocycles. The Morgan fingerprint density at radius 3 is 2.33 bits per heavy atom. The van der Waals surface area contributed by atoms with E-state index >= 15 is 0 Å². The van der Waals surface area contributed by atoms with E-state index in [-0.39, 0.29) is 0 Å². The van der Waals surface area contributed by atoms with Gasteiger partial charge in [-0.15, -0.1) is 11.3 Å². The highest BCUT2D eigenvalue weighted by molar-refractivity contribution is 7.15. The van der Waals surface area contributed by atoms with Crippen LogP contribution in [0.25, 0.3) is 16.2 Å². The Labute approximate surface area is 112 Å². The molecule has 94 valence electrons. The van der Waals surface area contributed by atoms with Crippen LogP contribution in [0.15, 0.2) is 35.7 Å². The van der Waals surface area contributed by atoms with Gasteiger partial charge in [-0.25, -0.2) is 4.98 Å². The first kappa shape index (κ1) is 12.8. The standard InChI is InChI=1S/C13H12N2S.C2H6/c1-9-8-16-13-14-12(10(2)15(9)13)11-6-4-3-5-7-11;1-2/h3-8H,1-2H3;1-2H3. The number of hydrogen-bond donors (Lipinski definition) is 0. The number of aryl methyl sites for hydroxylation is 2. The second-order valence-electron chi connectivity index (χ2n) is 3.91. The summed E-state index contributed by atoms with van der Waals surface area (Å²) in [6.45, 7) is 8.25. The van der Waals surface area contributed by atoms with Crippen molar-refractivity contribution in [1.82, 2.24) is 9.38 Å². The lowest BCUT2D eigenvalue weighted by Gasteiger charge is -1.99. The maximum absolute atomic E-state index is 4.68. The molecule has 1 aromatic carbocycles. The molecule has 3 rings (SSSR count). The second-order valence-corrected chi connectivity index (χ2v) is 4.74. The van der Waals surface area contributed by atoms with Crippen LogP contribution in [0, 0.1) is 13.8 Å². The third kappa shape index (κ3) is 2.06. The molecule has 0 atom stereocenters. The normalized spacial score (nSPS) is 10.2. The Balaban J connectivity index is 0.000000574. The lowest BCUT2D eigenvalue weighted by molar-refractivity contribution is 1.07. The van der Waals surface area contributed by atoms with Crippen molar-refractivity contribution in [3.05, 3.63) is 47.1 Å². The molecule has 0 unspecified atom stereocenters. The van der Waals surface area contributed by atoms with Gasteiger partial charge in [0.05, 0.1) is 5.69 Å². The number of hydrogen-bond acceptors (Lipinski definition) is 2. The van der Waals surface area contributed by atoms with Gasteiger partial charge in [0.15, 0.2) is 4.96 Å². The van der Waals surface area contributed by atoms with Gasteiger partial charge in [0.25, 0.3) is 0 Å². The van der Waals surface area contributed by atoms with Crippen molar-refractivity contribution >= 4 is 16.3 Å². The smallest absolute Gasteiger partial charge is 0.194 e. The van der Waals surface area contributed by atoms with Crippen LogP contribution in [-0.2, 0) is 0 Å². The monoisotopic (exact) mass is 258 g/mol. The lowest BCUT2D eigenvalue weighted by atomic mass is 10.1. The van der Waals surface area contributed by atoms with Crippen LogP contribution >= 0.6 is 11.3 Å². The minimum Gasteiger partial charge on any atom is -0.292 e. The zero-order valence-electron chi connectivity index (χ0n) is 11.3. The Hall–Kier alpha value is -1.61. The highest BCUT2D eigenvalue weighted by atomic mass is 32.1. The van der Waals surface area contributed by atoms with Crippen molar-refractivity contribution in [1.29, 1.82) is 0 Å². The largest absolute Gasteiger partial charge is 0.292 e. The molecule has 0 saturated heterocycles. The van der Waals surface area contributed by atoms with Crippen LogP contribution in [0.1, 0.15) is 25.2 Å². The summed E-state index contributed by atoms with van der Waals surface area (Å²) in [5.74, 6) is 0. The minimum atomic E-state index is 1.08. The Morgan fingerprint density at radius 1 is 1.06 bits per heavy atom. The predicted octanol–water partition coefficient (Wildman–Crippen LogP) is 4.71. The van der Waals surface area contributed by atoms with E-state index in [1.54, 1.807) is 11.3 Å². The maximum atomic E-state index is 4.68. The first-order chi connectivity index (χ1) is 8.77. The van der Waals surface area contributed by atoms with E-state index in [1.165, 1.54) is 17.0 Å². The summed E-state index contributed by atoms with van der Waals surface area (Å²) in [6, 6.07) is 10.3. The summed E-state index contributed by atoms with van der Waals surface area (Å²) in [6.07, 6.45) is 0. The van der Waals surface area contributed by atoms with E-state index in [9.17, 15) is 0 Å². The molecule has 2 aromatic heterocycles. The second kappa shape index (κ2) is 5.36. The van der Waals surface area contributed by atoms with Crippen molar-refractivity contribution in [3.63, 3.8) is 0 Å². The van der Waals surface area contributed by atoms with Gasteiger partial charge in [0, 0.05) is 22.3 Å². The van der Waals surface area contributed by atoms with Crippen molar-refractivity contribution in [2.24, 2.45) is 0 Å². The molecule has 2 heterocycles. The number of benzene rings is 1. The Kier molecular flexibility index (Phi) is 3.82. The zero-order valence-corrected chi connectivity index (χ0v) is 12.1. The quantitative estimate of drug-likeness (QED) is 0.618. The molecule has 0 amide bonds. The fraction of sp³-hybridized carbons (Fsp3) is 0.267. The van der Waals surface area contributed by atoms with Crippen LogP contribution in [-0.4, -0.2) is 9.38 Å². The molecule has 0 saturated carbocycles. The van der Waals surface area contributed by atoms with Crippen LogP contribution in [0.3, 0.4) is 0 Å². The topological polar surface area (TPSA) is 17.3 Å². The fourth-order valence-electron chi connectivity index (χ4n) is 2.03. The average Bonchev–Trinajstić information content (AvgIpc) is 2.95. The first-order valence-corrected chi connectivity index (χ1v) is 7.14. The van der Waals surface area contributed by atoms with Gasteiger partial charge in [0.2, 0.25) is 0 Å². The van der Waals surface area contributed by atoms with Crippen LogP contribution in [0.5, 0.6) is 0 Å². The van der Waals surface area contributed by atoms with E-state index in [2.05, 4.69) is 52.9 Å². The Bertz CT molecular complexity index is 635. The van der Waals surface area contributed by atoms with Gasteiger partial charge in [0.1, 0.15) is 0 Å². The van der Waals surface area contributed by atoms with Crippen molar-refractivity contribution in [3.8, 4) is 11.3 Å². The summed E-state index contributed by atoms with van der Waals surface area (Å²) in [4.78, 5) is 5.76. The van der Waals surface area contributed by atoms with Gasteiger partial charge >= 0.3 is 0 Å². The van der Waals surface area contributed by atoms with Crippen LogP contribution < -0.4 is 0 Å². The summed E-state index contributed by atoms with van der Waals surface area (Å²) in [5, 5.41) is 2.14. The first-order valence-electron chi connectivity index (χ1n) is 6.26. The lowest BCUT2D eigenvalue weighted by Crippen LogP contribution is -1.87. The zero-order chi connectivity index (χ0) is 13.1. The van der Waals surface area contributed by atoms with E-state index in [4.69, 9.17) is 0 Å². The molecule has 3 heteroatoms. The van der Waals surface area contributed by atoms with Crippen molar-refractivity contribution in [2.45, 2.75) is 27.7 Å². The molecule has 0 bridgehead atoms. The third-order valence-electron chi connectivity index (χ3n) is 2.81. The summed E-state index contributed by atoms with van der Waals surface area (Å²) < 4.78 is 2.22. The summed E-state index contributed by atoms with van der Waals surface area (Å²) in [7, 11) is 0. The number of rotatable bonds is 1. The van der Waals surface area contributed by atoms with Gasteiger partial charge in [-0.3, -0.25) is 4.40 Å². The third-order valence-corrected chi connectivity index (χ3v) is 3.76. The van der Waals surface area contributed by atoms with Crippen LogP contribution in [0.2, 0.25) is 0 Å². The average molecular weight is 258 g/mol. The molecular weight excluding hydrogens is 240 g/mol. The van der Waals surface area contributed by atoms with Gasteiger partial charge in [-0.2, -0.15) is 0 Å². The maximum Gasteiger partial charge on any atom is 0.194 e. The van der Waals surface area contributed by atoms with Crippen molar-refractivity contribution in [2.75, 3.05) is 0 Å². The molecule has 18 heavy (non-hydrogen) atoms. The molecule has 2 nitrogen and oxygen atoms in total. The predicted molar refractivity (Wildman–Crippen MR) is 79.3 cm³/mol. The van der Waals surface area contributed by atoms with E-state index in [0.717, 1.165) is 10.7 Å². The fourth-order valence-corrected chi connectivity index (χ4v) is 2.94. The molecule has 0 fully saturated rings. The van der Waals surface area contributed by atoms with E-state index in [1.807, 2.05) is 19.9 Å². The molecular formula is C15H18N2S. The van der Waals surface area contributed by atoms with E-state index in [0.29, 0.717) is 0 Å². The van der Waals surface area contributed by atoms with Gasteiger partial charge in [-0.1, -0.05) is 44.2 Å². The summed E-state index contributed by atoms with van der Waals surface area (Å²) >= 11 is 1.70. The SMILES string of the molecule is CC.Cc1csc2nc(-c3ccccc3)c(C)n12. The number of fused-ring (bicyclic) bond motifs is 1. The number of imidazole rings is 1. The highest BCUT2D eigenvalue weighted by Crippen LogP contribution is 2.27. The molecule has 0 radical (unpaired) electrons. The van der Waals surface area contributed by atoms with Crippen LogP contribution in [0.4, 0.5) is 0 Å². The summed E-state index contributed by atoms with van der Waals surface area (Å²) in [5.41, 5.74) is 4.76. The van der Waals surface area contributed by atoms with E-state index < -0.39 is 0 Å². The molecule has 0 aliphatic carbocycles. The molecule has 0 spiro atoms. The number of thiazole rings is 1. The minimum absolute atomic E-state index is 1.08. The van der Waals surface area contributed by atoms with Gasteiger partial charge in [-0.05, 0) is 13.8 Å². The highest BCUT2D eigenvalue weighted by Gasteiger charge is 2.12. The molecule has 3 aromatic rings. The number of nitrogens with zero attached hydrogens (tertiary/aromatic N) is 2. The van der Waals surface area contributed by atoms with Crippen molar-refractivity contribution < 1.29 is 0 Å². The molecule has 0 aliphatic rings. The molecule has 0 N–H and O–H groups in total. The Morgan fingerprint density at radius 2 is 1.72 bits per heavy atom. The van der Waals surface area contributed by atoms with Gasteiger partial charge < -0.3 is 0 Å².